The van der Waals surface area contributed by atoms with E-state index in [-0.39, 0.29) is 28.1 Å². The van der Waals surface area contributed by atoms with Gasteiger partial charge in [-0.05, 0) is 73.1 Å². The molecule has 1 unspecified atom stereocenters. The van der Waals surface area contributed by atoms with Crippen LogP contribution >= 0.6 is 0 Å². The molecule has 0 aromatic carbocycles. The third-order valence-corrected chi connectivity index (χ3v) is 9.93. The van der Waals surface area contributed by atoms with E-state index in [0.717, 1.165) is 44.8 Å². The molecule has 1 saturated heterocycles. The summed E-state index contributed by atoms with van der Waals surface area (Å²) in [6.45, 7) is 9.00. The summed E-state index contributed by atoms with van der Waals surface area (Å²) in [5, 5.41) is 4.04. The summed E-state index contributed by atoms with van der Waals surface area (Å²) >= 11 is 0. The van der Waals surface area contributed by atoms with Crippen molar-refractivity contribution in [3.63, 3.8) is 0 Å². The molecule has 5 aliphatic rings. The Hall–Kier alpha value is -1.03. The Morgan fingerprint density at radius 3 is 2.56 bits per heavy atom. The number of allylic oxidation sites excluding steroid dienone is 1. The van der Waals surface area contributed by atoms with Crippen LogP contribution in [0.4, 0.5) is 0 Å². The minimum atomic E-state index is -0.337. The van der Waals surface area contributed by atoms with Gasteiger partial charge in [0.2, 0.25) is 0 Å². The van der Waals surface area contributed by atoms with Gasteiger partial charge in [-0.2, -0.15) is 0 Å². The summed E-state index contributed by atoms with van der Waals surface area (Å²) in [6.07, 6.45) is 11.6. The van der Waals surface area contributed by atoms with Crippen molar-refractivity contribution in [2.75, 3.05) is 13.2 Å². The summed E-state index contributed by atoms with van der Waals surface area (Å²) in [6, 6.07) is 0.158. The molecule has 0 bridgehead atoms. The molecule has 1 aliphatic heterocycles. The van der Waals surface area contributed by atoms with Gasteiger partial charge in [-0.15, -0.1) is 0 Å². The highest BCUT2D eigenvalue weighted by Gasteiger charge is 2.71. The van der Waals surface area contributed by atoms with Crippen molar-refractivity contribution in [1.82, 2.24) is 0 Å². The van der Waals surface area contributed by atoms with E-state index in [2.05, 4.69) is 36.9 Å². The fourth-order valence-electron chi connectivity index (χ4n) is 8.07. The van der Waals surface area contributed by atoms with Crippen molar-refractivity contribution in [1.29, 1.82) is 0 Å². The molecule has 5 heteroatoms. The van der Waals surface area contributed by atoms with E-state index in [0.29, 0.717) is 5.92 Å². The van der Waals surface area contributed by atoms with Gasteiger partial charge in [-0.3, -0.25) is 0 Å². The Morgan fingerprint density at radius 2 is 1.81 bits per heavy atom. The Labute approximate surface area is 162 Å². The van der Waals surface area contributed by atoms with Crippen molar-refractivity contribution in [2.45, 2.75) is 84.0 Å². The summed E-state index contributed by atoms with van der Waals surface area (Å²) in [5.74, 6) is 1.10. The van der Waals surface area contributed by atoms with Crippen LogP contribution in [0.25, 0.3) is 10.4 Å². The van der Waals surface area contributed by atoms with E-state index in [4.69, 9.17) is 15.0 Å². The second-order valence-electron chi connectivity index (χ2n) is 10.4. The van der Waals surface area contributed by atoms with Crippen LogP contribution in [0.2, 0.25) is 0 Å². The highest BCUT2D eigenvalue weighted by Crippen LogP contribution is 2.73. The minimum Gasteiger partial charge on any atom is -0.347 e. The molecule has 1 spiro atoms. The minimum absolute atomic E-state index is 0.113. The number of ether oxygens (including phenoxy) is 2. The van der Waals surface area contributed by atoms with E-state index in [1.54, 1.807) is 5.57 Å². The largest absolute Gasteiger partial charge is 0.347 e. The van der Waals surface area contributed by atoms with Gasteiger partial charge in [0.05, 0.1) is 13.2 Å². The number of nitrogens with zero attached hydrogens (tertiary/aromatic N) is 3. The van der Waals surface area contributed by atoms with Gasteiger partial charge in [0.25, 0.3) is 0 Å². The van der Waals surface area contributed by atoms with Crippen LogP contribution in [-0.2, 0) is 9.47 Å². The van der Waals surface area contributed by atoms with Crippen LogP contribution in [0.3, 0.4) is 0 Å². The molecule has 3 saturated carbocycles. The normalized spacial score (nSPS) is 50.3. The summed E-state index contributed by atoms with van der Waals surface area (Å²) in [5.41, 5.74) is 11.1. The van der Waals surface area contributed by atoms with E-state index < -0.39 is 0 Å². The smallest absolute Gasteiger partial charge is 0.174 e. The van der Waals surface area contributed by atoms with Crippen LogP contribution < -0.4 is 0 Å². The number of hydrogen-bond acceptors (Lipinski definition) is 3. The zero-order chi connectivity index (χ0) is 18.9. The molecule has 1 heterocycles. The maximum atomic E-state index is 8.85. The molecular weight excluding hydrogens is 338 g/mol. The van der Waals surface area contributed by atoms with E-state index in [1.807, 2.05) is 0 Å². The lowest BCUT2D eigenvalue weighted by atomic mass is 9.43. The Kier molecular flexibility index (Phi) is 3.84. The second kappa shape index (κ2) is 5.75. The van der Waals surface area contributed by atoms with E-state index in [9.17, 15) is 0 Å². The molecule has 0 aromatic heterocycles. The van der Waals surface area contributed by atoms with Crippen LogP contribution in [0.15, 0.2) is 16.8 Å². The Balaban J connectivity index is 1.50. The fraction of sp³-hybridized carbons (Fsp3) is 0.909. The first kappa shape index (κ1) is 18.0. The summed E-state index contributed by atoms with van der Waals surface area (Å²) < 4.78 is 12.6. The maximum Gasteiger partial charge on any atom is 0.174 e. The van der Waals surface area contributed by atoms with Crippen molar-refractivity contribution in [2.24, 2.45) is 33.2 Å². The van der Waals surface area contributed by atoms with Crippen LogP contribution in [-0.4, -0.2) is 25.0 Å². The Bertz CT molecular complexity index is 723. The molecule has 6 atom stereocenters. The van der Waals surface area contributed by atoms with Gasteiger partial charge < -0.3 is 9.47 Å². The van der Waals surface area contributed by atoms with Gasteiger partial charge in [0.1, 0.15) is 0 Å². The number of rotatable bonds is 1. The predicted octanol–water partition coefficient (Wildman–Crippen LogP) is 5.76. The first-order chi connectivity index (χ1) is 12.9. The molecule has 4 aliphatic carbocycles. The van der Waals surface area contributed by atoms with E-state index in [1.165, 1.54) is 25.7 Å². The first-order valence-electron chi connectivity index (χ1n) is 10.9. The van der Waals surface area contributed by atoms with Crippen molar-refractivity contribution in [3.05, 3.63) is 22.1 Å². The van der Waals surface area contributed by atoms with Crippen molar-refractivity contribution in [3.8, 4) is 0 Å². The van der Waals surface area contributed by atoms with Gasteiger partial charge in [0.15, 0.2) is 5.79 Å². The van der Waals surface area contributed by atoms with Crippen molar-refractivity contribution >= 4 is 0 Å². The molecule has 0 N–H and O–H groups in total. The monoisotopic (exact) mass is 371 g/mol. The number of fused-ring (bicyclic) bond motifs is 6. The third-order valence-electron chi connectivity index (χ3n) is 9.93. The maximum absolute atomic E-state index is 8.85. The van der Waals surface area contributed by atoms with Crippen LogP contribution in [0, 0.1) is 28.1 Å². The average Bonchev–Trinajstić information content (AvgIpc) is 3.22. The fourth-order valence-corrected chi connectivity index (χ4v) is 8.07. The molecule has 5 nitrogen and oxygen atoms in total. The molecule has 4 fully saturated rings. The molecule has 27 heavy (non-hydrogen) atoms. The van der Waals surface area contributed by atoms with Crippen molar-refractivity contribution < 1.29 is 9.47 Å². The lowest BCUT2D eigenvalue weighted by molar-refractivity contribution is -0.260. The SMILES string of the molecule is C[C@]12CC[C@H](N=[N+]=[N-])CC1=CC[C@@H]1C2CC[C@]2(C)C3(CC[C@@]12C)OCCO3. The number of hydrogen-bond donors (Lipinski definition) is 0. The first-order valence-corrected chi connectivity index (χ1v) is 10.9. The number of azide groups is 1. The molecule has 0 radical (unpaired) electrons. The molecule has 5 rings (SSSR count). The van der Waals surface area contributed by atoms with Gasteiger partial charge in [-0.25, -0.2) is 0 Å². The topological polar surface area (TPSA) is 67.2 Å². The second-order valence-corrected chi connectivity index (χ2v) is 10.4. The Morgan fingerprint density at radius 1 is 1.04 bits per heavy atom. The molecular formula is C22H33N3O2. The zero-order valence-electron chi connectivity index (χ0n) is 17.0. The summed E-state index contributed by atoms with van der Waals surface area (Å²) in [7, 11) is 0. The quantitative estimate of drug-likeness (QED) is 0.254. The standard InChI is InChI=1S/C22H33N3O2/c1-19-8-6-16(24-25-23)14-15(19)4-5-18-17(19)7-9-21(3)20(18,2)10-11-22(21)26-12-13-27-22/h4,16-18H,5-14H2,1-3H3/t16-,17?,18+,19-,20-,21-/m0/s1. The third kappa shape index (κ3) is 2.11. The molecule has 0 aromatic rings. The molecule has 148 valence electrons. The van der Waals surface area contributed by atoms with Gasteiger partial charge in [-0.1, -0.05) is 37.5 Å². The van der Waals surface area contributed by atoms with Crippen LogP contribution in [0.1, 0.15) is 72.1 Å². The zero-order valence-corrected chi connectivity index (χ0v) is 17.0. The van der Waals surface area contributed by atoms with Gasteiger partial charge in [0, 0.05) is 22.8 Å². The molecule has 0 amide bonds. The highest BCUT2D eigenvalue weighted by atomic mass is 16.7. The average molecular weight is 372 g/mol. The summed E-state index contributed by atoms with van der Waals surface area (Å²) in [4.78, 5) is 3.08. The van der Waals surface area contributed by atoms with Gasteiger partial charge >= 0.3 is 0 Å². The van der Waals surface area contributed by atoms with Crippen LogP contribution in [0.5, 0.6) is 0 Å². The lowest BCUT2D eigenvalue weighted by Gasteiger charge is -2.63. The van der Waals surface area contributed by atoms with E-state index >= 15 is 0 Å². The lowest BCUT2D eigenvalue weighted by Crippen LogP contribution is -2.59. The highest BCUT2D eigenvalue weighted by molar-refractivity contribution is 5.28. The predicted molar refractivity (Wildman–Crippen MR) is 104 cm³/mol.